The Morgan fingerprint density at radius 3 is 2.56 bits per heavy atom. The summed E-state index contributed by atoms with van der Waals surface area (Å²) in [5, 5.41) is 5.06. The third-order valence-corrected chi connectivity index (χ3v) is 15.1. The number of alkyl halides is 1. The van der Waals surface area contributed by atoms with Gasteiger partial charge in [-0.25, -0.2) is 22.8 Å². The zero-order valence-electron chi connectivity index (χ0n) is 31.0. The number of carbonyl (C=O) groups excluding carboxylic acids is 1. The Hall–Kier alpha value is -3.84. The molecule has 52 heavy (non-hydrogen) atoms. The number of carbonyl (C=O) groups is 1. The van der Waals surface area contributed by atoms with Gasteiger partial charge in [-0.2, -0.15) is 4.98 Å². The molecule has 0 radical (unpaired) electrons. The smallest absolute Gasteiger partial charge is 0.246 e. The van der Waals surface area contributed by atoms with Crippen molar-refractivity contribution in [1.82, 2.24) is 19.9 Å². The average molecular weight is 734 g/mol. The van der Waals surface area contributed by atoms with Gasteiger partial charge in [0.25, 0.3) is 0 Å². The van der Waals surface area contributed by atoms with Crippen molar-refractivity contribution in [2.75, 3.05) is 55.0 Å². The molecule has 1 aromatic carbocycles. The van der Waals surface area contributed by atoms with E-state index in [9.17, 15) is 17.6 Å². The number of nitrogens with zero attached hydrogens (tertiary/aromatic N) is 6. The number of rotatable bonds is 9. The predicted octanol–water partition coefficient (Wildman–Crippen LogP) is 6.49. The molecule has 4 aliphatic rings. The zero-order valence-corrected chi connectivity index (χ0v) is 31.8. The highest BCUT2D eigenvalue weighted by molar-refractivity contribution is 7.93. The lowest BCUT2D eigenvalue weighted by molar-refractivity contribution is -0.126. The SMILES string of the molecule is C=CC(=O)N1CCC[C@@H]1c1cc(N2CC([C@@H]3CCCC(C)(C)S3(=O)=O)C2)c2cnc(Nc3ccnc(N4CC[C@@H](OC)[C@@H](F)C4)n3)cc2c1C(C)C. The minimum atomic E-state index is -3.26. The first kappa shape index (κ1) is 36.5. The van der Waals surface area contributed by atoms with Crippen molar-refractivity contribution in [1.29, 1.82) is 0 Å². The Bertz CT molecular complexity index is 1950. The molecule has 11 nitrogen and oxygen atoms in total. The summed E-state index contributed by atoms with van der Waals surface area (Å²) in [7, 11) is -1.72. The van der Waals surface area contributed by atoms with Gasteiger partial charge in [-0.1, -0.05) is 26.8 Å². The second-order valence-electron chi connectivity index (χ2n) is 15.9. The van der Waals surface area contributed by atoms with E-state index in [0.717, 1.165) is 46.8 Å². The minimum Gasteiger partial charge on any atom is -0.378 e. The first-order valence-corrected chi connectivity index (χ1v) is 20.3. The van der Waals surface area contributed by atoms with E-state index in [1.807, 2.05) is 29.8 Å². The number of piperidine rings is 1. The molecular weight excluding hydrogens is 682 g/mol. The van der Waals surface area contributed by atoms with Crippen LogP contribution in [0.2, 0.25) is 0 Å². The Labute approximate surface area is 307 Å². The molecule has 4 aliphatic heterocycles. The molecule has 4 fully saturated rings. The lowest BCUT2D eigenvalue weighted by Crippen LogP contribution is -2.58. The highest BCUT2D eigenvalue weighted by Gasteiger charge is 2.50. The van der Waals surface area contributed by atoms with Gasteiger partial charge in [-0.05, 0) is 92.7 Å². The van der Waals surface area contributed by atoms with Crippen LogP contribution in [-0.4, -0.2) is 96.3 Å². The number of methoxy groups -OCH3 is 1. The van der Waals surface area contributed by atoms with Crippen molar-refractivity contribution in [2.24, 2.45) is 5.92 Å². The normalized spacial score (nSPS) is 26.1. The highest BCUT2D eigenvalue weighted by Crippen LogP contribution is 2.47. The number of likely N-dealkylation sites (tertiary alicyclic amines) is 1. The summed E-state index contributed by atoms with van der Waals surface area (Å²) in [5.74, 6) is 1.72. The van der Waals surface area contributed by atoms with E-state index in [-0.39, 0.29) is 35.6 Å². The number of sulfone groups is 1. The number of pyridine rings is 1. The Morgan fingerprint density at radius 1 is 1.06 bits per heavy atom. The summed E-state index contributed by atoms with van der Waals surface area (Å²) in [4.78, 5) is 33.2. The van der Waals surface area contributed by atoms with Crippen LogP contribution < -0.4 is 15.1 Å². The summed E-state index contributed by atoms with van der Waals surface area (Å²) >= 11 is 0. The van der Waals surface area contributed by atoms with Gasteiger partial charge in [0, 0.05) is 62.7 Å². The van der Waals surface area contributed by atoms with E-state index in [4.69, 9.17) is 14.7 Å². The van der Waals surface area contributed by atoms with Gasteiger partial charge in [0.15, 0.2) is 9.84 Å². The van der Waals surface area contributed by atoms with Gasteiger partial charge in [0.2, 0.25) is 11.9 Å². The van der Waals surface area contributed by atoms with Crippen LogP contribution in [0.4, 0.5) is 27.7 Å². The molecule has 1 amide bonds. The Balaban J connectivity index is 1.25. The van der Waals surface area contributed by atoms with E-state index in [0.29, 0.717) is 63.0 Å². The number of nitrogens with one attached hydrogen (secondary N) is 1. The molecule has 4 atom stereocenters. The lowest BCUT2D eigenvalue weighted by Gasteiger charge is -2.48. The maximum absolute atomic E-state index is 14.7. The lowest BCUT2D eigenvalue weighted by atomic mass is 9.85. The Kier molecular flexibility index (Phi) is 9.96. The van der Waals surface area contributed by atoms with Crippen LogP contribution in [0.1, 0.15) is 89.3 Å². The standard InChI is InChI=1S/C39H52FN7O4S/c1-7-36(48)47-16-9-10-30(47)27-18-31(46-21-25(22-46)33-11-8-14-39(4,5)52(33,49)50)28-20-42-35(19-26(28)37(27)24(2)3)43-34-12-15-41-38(44-34)45-17-13-32(51-6)29(40)23-45/h7,12,15,18-20,24-25,29-30,32-33H,1,8-11,13-14,16-17,21-23H2,2-6H3,(H,41,42,43,44)/t29-,30+,32+,33-/m0/s1. The van der Waals surface area contributed by atoms with Crippen molar-refractivity contribution in [3.8, 4) is 0 Å². The number of hydrogen-bond acceptors (Lipinski definition) is 10. The van der Waals surface area contributed by atoms with E-state index in [1.165, 1.54) is 13.2 Å². The molecule has 13 heteroatoms. The van der Waals surface area contributed by atoms with Crippen LogP contribution >= 0.6 is 0 Å². The molecule has 280 valence electrons. The van der Waals surface area contributed by atoms with Gasteiger partial charge >= 0.3 is 0 Å². The van der Waals surface area contributed by atoms with E-state index in [1.54, 1.807) is 12.3 Å². The van der Waals surface area contributed by atoms with Crippen LogP contribution in [0.3, 0.4) is 0 Å². The summed E-state index contributed by atoms with van der Waals surface area (Å²) < 4.78 is 46.5. The molecule has 0 saturated carbocycles. The summed E-state index contributed by atoms with van der Waals surface area (Å²) in [5.41, 5.74) is 3.28. The number of hydrogen-bond donors (Lipinski definition) is 1. The second-order valence-corrected chi connectivity index (χ2v) is 18.7. The van der Waals surface area contributed by atoms with Crippen molar-refractivity contribution in [2.45, 2.75) is 100 Å². The molecule has 0 bridgehead atoms. The third-order valence-electron chi connectivity index (χ3n) is 11.9. The molecule has 3 aromatic rings. The molecule has 6 heterocycles. The number of aromatic nitrogens is 3. The van der Waals surface area contributed by atoms with Crippen molar-refractivity contribution >= 4 is 49.8 Å². The van der Waals surface area contributed by atoms with E-state index >= 15 is 0 Å². The third kappa shape index (κ3) is 6.52. The van der Waals surface area contributed by atoms with Crippen LogP contribution in [-0.2, 0) is 19.4 Å². The number of amides is 1. The van der Waals surface area contributed by atoms with Crippen molar-refractivity contribution in [3.05, 3.63) is 54.4 Å². The van der Waals surface area contributed by atoms with Crippen LogP contribution in [0.5, 0.6) is 0 Å². The topological polar surface area (TPSA) is 121 Å². The average Bonchev–Trinajstić information content (AvgIpc) is 3.59. The fourth-order valence-corrected chi connectivity index (χ4v) is 11.4. The molecule has 7 rings (SSSR count). The summed E-state index contributed by atoms with van der Waals surface area (Å²) in [6.07, 6.45) is 8.05. The van der Waals surface area contributed by atoms with Crippen molar-refractivity contribution < 1.29 is 22.3 Å². The largest absolute Gasteiger partial charge is 0.378 e. The quantitative estimate of drug-likeness (QED) is 0.245. The monoisotopic (exact) mass is 733 g/mol. The maximum atomic E-state index is 14.7. The number of fused-ring (bicyclic) bond motifs is 1. The second kappa shape index (κ2) is 14.2. The van der Waals surface area contributed by atoms with Gasteiger partial charge in [0.05, 0.1) is 28.7 Å². The van der Waals surface area contributed by atoms with Crippen LogP contribution in [0, 0.1) is 5.92 Å². The predicted molar refractivity (Wildman–Crippen MR) is 204 cm³/mol. The fourth-order valence-electron chi connectivity index (χ4n) is 8.96. The molecule has 1 N–H and O–H groups in total. The van der Waals surface area contributed by atoms with Gasteiger partial charge in [-0.3, -0.25) is 4.79 Å². The van der Waals surface area contributed by atoms with Gasteiger partial charge < -0.3 is 24.8 Å². The molecule has 0 spiro atoms. The molecular formula is C39H52FN7O4S. The Morgan fingerprint density at radius 2 is 1.85 bits per heavy atom. The molecule has 4 saturated heterocycles. The molecule has 0 aliphatic carbocycles. The first-order valence-electron chi connectivity index (χ1n) is 18.7. The van der Waals surface area contributed by atoms with Crippen LogP contribution in [0.15, 0.2) is 43.2 Å². The number of benzene rings is 1. The van der Waals surface area contributed by atoms with E-state index in [2.05, 4.69) is 47.8 Å². The first-order chi connectivity index (χ1) is 24.8. The highest BCUT2D eigenvalue weighted by atomic mass is 32.2. The van der Waals surface area contributed by atoms with Gasteiger partial charge in [0.1, 0.15) is 17.8 Å². The van der Waals surface area contributed by atoms with E-state index < -0.39 is 26.9 Å². The van der Waals surface area contributed by atoms with Gasteiger partial charge in [-0.15, -0.1) is 0 Å². The summed E-state index contributed by atoms with van der Waals surface area (Å²) in [6.45, 7) is 14.6. The maximum Gasteiger partial charge on any atom is 0.246 e. The fraction of sp³-hybridized carbons (Fsp3) is 0.590. The van der Waals surface area contributed by atoms with Crippen LogP contribution in [0.25, 0.3) is 10.8 Å². The molecule has 2 aromatic heterocycles. The number of ether oxygens (including phenoxy) is 1. The van der Waals surface area contributed by atoms with Crippen molar-refractivity contribution in [3.63, 3.8) is 0 Å². The number of halogens is 1. The summed E-state index contributed by atoms with van der Waals surface area (Å²) in [6, 6.07) is 5.97. The number of anilines is 4. The zero-order chi connectivity index (χ0) is 36.9. The molecule has 0 unspecified atom stereocenters. The minimum absolute atomic E-state index is 0.0620.